The van der Waals surface area contributed by atoms with E-state index in [1.54, 1.807) is 0 Å². The van der Waals surface area contributed by atoms with Gasteiger partial charge in [-0.2, -0.15) is 0 Å². The van der Waals surface area contributed by atoms with E-state index in [1.165, 1.54) is 10.9 Å². The third kappa shape index (κ3) is 2.42. The second-order valence-corrected chi connectivity index (χ2v) is 5.04. The number of aromatic nitrogens is 3. The molecule has 0 spiro atoms. The van der Waals surface area contributed by atoms with E-state index in [4.69, 9.17) is 5.73 Å². The average molecular weight is 266 g/mol. The smallest absolute Gasteiger partial charge is 0.0948 e. The SMILES string of the molecule is C[C@@H](N)c1cncn1CCc1cccc2cccnc12. The molecule has 4 nitrogen and oxygen atoms in total. The number of imidazole rings is 1. The minimum atomic E-state index is 0.00291. The Morgan fingerprint density at radius 2 is 2.10 bits per heavy atom. The van der Waals surface area contributed by atoms with E-state index in [0.29, 0.717) is 0 Å². The molecule has 3 rings (SSSR count). The summed E-state index contributed by atoms with van der Waals surface area (Å²) in [5.41, 5.74) is 9.35. The summed E-state index contributed by atoms with van der Waals surface area (Å²) in [6.45, 7) is 2.85. The van der Waals surface area contributed by atoms with Crippen LogP contribution in [-0.4, -0.2) is 14.5 Å². The minimum Gasteiger partial charge on any atom is -0.333 e. The molecule has 0 aliphatic carbocycles. The molecule has 1 atom stereocenters. The zero-order chi connectivity index (χ0) is 13.9. The van der Waals surface area contributed by atoms with Crippen LogP contribution in [0.2, 0.25) is 0 Å². The van der Waals surface area contributed by atoms with E-state index >= 15 is 0 Å². The van der Waals surface area contributed by atoms with E-state index in [0.717, 1.165) is 24.2 Å². The Hall–Kier alpha value is -2.20. The molecule has 2 aromatic heterocycles. The Bertz CT molecular complexity index is 710. The van der Waals surface area contributed by atoms with Gasteiger partial charge in [-0.3, -0.25) is 4.98 Å². The van der Waals surface area contributed by atoms with Crippen molar-refractivity contribution in [3.8, 4) is 0 Å². The molecule has 1 aromatic carbocycles. The quantitative estimate of drug-likeness (QED) is 0.790. The van der Waals surface area contributed by atoms with E-state index < -0.39 is 0 Å². The highest BCUT2D eigenvalue weighted by atomic mass is 15.1. The van der Waals surface area contributed by atoms with Crippen molar-refractivity contribution in [1.82, 2.24) is 14.5 Å². The summed E-state index contributed by atoms with van der Waals surface area (Å²) in [5.74, 6) is 0. The van der Waals surface area contributed by atoms with Crippen LogP contribution < -0.4 is 5.73 Å². The van der Waals surface area contributed by atoms with E-state index in [2.05, 4.69) is 38.8 Å². The normalized spacial score (nSPS) is 12.7. The van der Waals surface area contributed by atoms with Gasteiger partial charge in [-0.15, -0.1) is 0 Å². The Morgan fingerprint density at radius 3 is 2.95 bits per heavy atom. The molecule has 4 heteroatoms. The van der Waals surface area contributed by atoms with Crippen molar-refractivity contribution < 1.29 is 0 Å². The number of nitrogens with zero attached hydrogens (tertiary/aromatic N) is 3. The molecule has 0 saturated carbocycles. The molecular formula is C16H18N4. The third-order valence-corrected chi connectivity index (χ3v) is 3.55. The highest BCUT2D eigenvalue weighted by Crippen LogP contribution is 2.17. The van der Waals surface area contributed by atoms with Crippen LogP contribution in [0.3, 0.4) is 0 Å². The Morgan fingerprint density at radius 1 is 1.25 bits per heavy atom. The maximum absolute atomic E-state index is 5.95. The van der Waals surface area contributed by atoms with Crippen LogP contribution in [0.4, 0.5) is 0 Å². The first kappa shape index (κ1) is 12.8. The second-order valence-electron chi connectivity index (χ2n) is 5.04. The molecule has 0 radical (unpaired) electrons. The zero-order valence-electron chi connectivity index (χ0n) is 11.5. The van der Waals surface area contributed by atoms with Crippen molar-refractivity contribution in [2.75, 3.05) is 0 Å². The lowest BCUT2D eigenvalue weighted by Crippen LogP contribution is -2.13. The zero-order valence-corrected chi connectivity index (χ0v) is 11.5. The lowest BCUT2D eigenvalue weighted by molar-refractivity contribution is 0.625. The molecule has 0 aliphatic heterocycles. The monoisotopic (exact) mass is 266 g/mol. The second kappa shape index (κ2) is 5.43. The number of pyridine rings is 1. The molecule has 20 heavy (non-hydrogen) atoms. The molecule has 0 saturated heterocycles. The molecule has 2 N–H and O–H groups in total. The molecule has 0 unspecified atom stereocenters. The van der Waals surface area contributed by atoms with Crippen molar-refractivity contribution in [3.05, 3.63) is 60.3 Å². The topological polar surface area (TPSA) is 56.7 Å². The maximum atomic E-state index is 5.95. The summed E-state index contributed by atoms with van der Waals surface area (Å²) in [7, 11) is 0. The first-order valence-electron chi connectivity index (χ1n) is 6.84. The van der Waals surface area contributed by atoms with Gasteiger partial charge in [0.05, 0.1) is 17.5 Å². The highest BCUT2D eigenvalue weighted by Gasteiger charge is 2.07. The van der Waals surface area contributed by atoms with Crippen molar-refractivity contribution in [2.24, 2.45) is 5.73 Å². The lowest BCUT2D eigenvalue weighted by atomic mass is 10.1. The molecule has 0 aliphatic rings. The van der Waals surface area contributed by atoms with Gasteiger partial charge < -0.3 is 10.3 Å². The van der Waals surface area contributed by atoms with Gasteiger partial charge in [-0.1, -0.05) is 24.3 Å². The number of aryl methyl sites for hydroxylation is 2. The third-order valence-electron chi connectivity index (χ3n) is 3.55. The summed E-state index contributed by atoms with van der Waals surface area (Å²) in [4.78, 5) is 8.67. The summed E-state index contributed by atoms with van der Waals surface area (Å²) in [6, 6.07) is 10.4. The van der Waals surface area contributed by atoms with Gasteiger partial charge >= 0.3 is 0 Å². The Kier molecular flexibility index (Phi) is 3.48. The van der Waals surface area contributed by atoms with Crippen LogP contribution in [0.25, 0.3) is 10.9 Å². The molecule has 102 valence electrons. The van der Waals surface area contributed by atoms with E-state index in [1.807, 2.05) is 31.7 Å². The van der Waals surface area contributed by atoms with Crippen LogP contribution in [0.1, 0.15) is 24.2 Å². The first-order valence-corrected chi connectivity index (χ1v) is 6.84. The van der Waals surface area contributed by atoms with Crippen LogP contribution in [0.5, 0.6) is 0 Å². The summed E-state index contributed by atoms with van der Waals surface area (Å²) >= 11 is 0. The molecule has 3 aromatic rings. The number of para-hydroxylation sites is 1. The first-order chi connectivity index (χ1) is 9.75. The fourth-order valence-electron chi connectivity index (χ4n) is 2.51. The average Bonchev–Trinajstić information content (AvgIpc) is 2.93. The van der Waals surface area contributed by atoms with Gasteiger partial charge in [0.1, 0.15) is 0 Å². The number of rotatable bonds is 4. The van der Waals surface area contributed by atoms with Crippen LogP contribution in [0.15, 0.2) is 49.1 Å². The standard InChI is InChI=1S/C16H18N4/c1-12(17)15-10-18-11-20(15)9-7-14-5-2-4-13-6-3-8-19-16(13)14/h2-6,8,10-12H,7,9,17H2,1H3/t12-/m1/s1. The molecule has 0 amide bonds. The predicted octanol–water partition coefficient (Wildman–Crippen LogP) is 2.69. The summed E-state index contributed by atoms with van der Waals surface area (Å²) in [6.07, 6.45) is 6.45. The summed E-state index contributed by atoms with van der Waals surface area (Å²) < 4.78 is 2.12. The Labute approximate surface area is 118 Å². The van der Waals surface area contributed by atoms with E-state index in [9.17, 15) is 0 Å². The Balaban J connectivity index is 1.85. The number of benzene rings is 1. The number of hydrogen-bond donors (Lipinski definition) is 1. The van der Waals surface area contributed by atoms with Gasteiger partial charge in [0, 0.05) is 30.4 Å². The predicted molar refractivity (Wildman–Crippen MR) is 80.3 cm³/mol. The van der Waals surface area contributed by atoms with Crippen molar-refractivity contribution in [3.63, 3.8) is 0 Å². The van der Waals surface area contributed by atoms with E-state index in [-0.39, 0.29) is 6.04 Å². The van der Waals surface area contributed by atoms with Crippen LogP contribution in [-0.2, 0) is 13.0 Å². The maximum Gasteiger partial charge on any atom is 0.0948 e. The minimum absolute atomic E-state index is 0.00291. The molecule has 0 bridgehead atoms. The molecular weight excluding hydrogens is 248 g/mol. The van der Waals surface area contributed by atoms with Crippen LogP contribution in [0, 0.1) is 0 Å². The van der Waals surface area contributed by atoms with Crippen molar-refractivity contribution in [1.29, 1.82) is 0 Å². The summed E-state index contributed by atoms with van der Waals surface area (Å²) in [5, 5.41) is 1.18. The van der Waals surface area contributed by atoms with Gasteiger partial charge in [0.2, 0.25) is 0 Å². The lowest BCUT2D eigenvalue weighted by Gasteiger charge is -2.11. The number of nitrogens with two attached hydrogens (primary N) is 1. The van der Waals surface area contributed by atoms with Crippen molar-refractivity contribution in [2.45, 2.75) is 25.9 Å². The largest absolute Gasteiger partial charge is 0.333 e. The number of fused-ring (bicyclic) bond motifs is 1. The highest BCUT2D eigenvalue weighted by molar-refractivity contribution is 5.81. The fraction of sp³-hybridized carbons (Fsp3) is 0.250. The molecule has 2 heterocycles. The number of hydrogen-bond acceptors (Lipinski definition) is 3. The fourth-order valence-corrected chi connectivity index (χ4v) is 2.51. The van der Waals surface area contributed by atoms with Gasteiger partial charge in [-0.25, -0.2) is 4.98 Å². The molecule has 0 fully saturated rings. The van der Waals surface area contributed by atoms with Gasteiger partial charge in [-0.05, 0) is 25.0 Å². The van der Waals surface area contributed by atoms with Gasteiger partial charge in [0.25, 0.3) is 0 Å². The van der Waals surface area contributed by atoms with Gasteiger partial charge in [0.15, 0.2) is 0 Å². The van der Waals surface area contributed by atoms with Crippen LogP contribution >= 0.6 is 0 Å². The van der Waals surface area contributed by atoms with Crippen molar-refractivity contribution >= 4 is 10.9 Å².